The molecule has 1 aliphatic rings. The van der Waals surface area contributed by atoms with Crippen LogP contribution in [0.1, 0.15) is 23.1 Å². The highest BCUT2D eigenvalue weighted by atomic mass is 31.1. The number of phenolic OH excluding ortho intramolecular Hbond substituents is 1. The van der Waals surface area contributed by atoms with E-state index >= 15 is 0 Å². The predicted molar refractivity (Wildman–Crippen MR) is 110 cm³/mol. The Labute approximate surface area is 151 Å². The van der Waals surface area contributed by atoms with E-state index in [9.17, 15) is 5.11 Å². The summed E-state index contributed by atoms with van der Waals surface area (Å²) in [6.07, 6.45) is 12.4. The SMILES string of the molecule is C/N=C/c1cccc(C)c1Pc1cccc(CC2C=CC=CC2)c1O. The van der Waals surface area contributed by atoms with Gasteiger partial charge in [0.25, 0.3) is 0 Å². The number of para-hydroxylation sites is 1. The molecule has 0 amide bonds. The van der Waals surface area contributed by atoms with E-state index < -0.39 is 0 Å². The van der Waals surface area contributed by atoms with Crippen LogP contribution in [-0.2, 0) is 6.42 Å². The number of hydrogen-bond donors (Lipinski definition) is 1. The molecule has 0 saturated heterocycles. The first-order chi connectivity index (χ1) is 12.2. The van der Waals surface area contributed by atoms with Crippen LogP contribution in [0.15, 0.2) is 65.7 Å². The molecule has 3 heteroatoms. The quantitative estimate of drug-likeness (QED) is 0.641. The van der Waals surface area contributed by atoms with Crippen molar-refractivity contribution in [1.29, 1.82) is 0 Å². The summed E-state index contributed by atoms with van der Waals surface area (Å²) in [5.41, 5.74) is 3.40. The molecule has 0 saturated carbocycles. The number of allylic oxidation sites excluding steroid dienone is 4. The van der Waals surface area contributed by atoms with Gasteiger partial charge < -0.3 is 5.11 Å². The maximum Gasteiger partial charge on any atom is 0.126 e. The highest BCUT2D eigenvalue weighted by Crippen LogP contribution is 2.28. The minimum Gasteiger partial charge on any atom is -0.507 e. The van der Waals surface area contributed by atoms with Crippen molar-refractivity contribution in [3.63, 3.8) is 0 Å². The molecule has 2 aromatic carbocycles. The minimum absolute atomic E-state index is 0.418. The maximum atomic E-state index is 10.8. The van der Waals surface area contributed by atoms with Crippen LogP contribution in [0.2, 0.25) is 0 Å². The van der Waals surface area contributed by atoms with Crippen molar-refractivity contribution in [3.05, 3.63) is 77.4 Å². The van der Waals surface area contributed by atoms with Gasteiger partial charge in [-0.05, 0) is 42.1 Å². The van der Waals surface area contributed by atoms with Gasteiger partial charge in [-0.1, -0.05) is 69.3 Å². The summed E-state index contributed by atoms with van der Waals surface area (Å²) in [7, 11) is 2.21. The monoisotopic (exact) mass is 349 g/mol. The molecule has 0 bridgehead atoms. The van der Waals surface area contributed by atoms with E-state index in [0.29, 0.717) is 20.2 Å². The van der Waals surface area contributed by atoms with E-state index in [-0.39, 0.29) is 0 Å². The Balaban J connectivity index is 1.88. The summed E-state index contributed by atoms with van der Waals surface area (Å²) in [5, 5.41) is 13.1. The summed E-state index contributed by atoms with van der Waals surface area (Å²) in [4.78, 5) is 4.17. The van der Waals surface area contributed by atoms with Crippen molar-refractivity contribution in [2.75, 3.05) is 7.05 Å². The van der Waals surface area contributed by atoms with E-state index in [1.54, 1.807) is 7.05 Å². The Morgan fingerprint density at radius 2 is 2.04 bits per heavy atom. The first-order valence-corrected chi connectivity index (χ1v) is 9.62. The van der Waals surface area contributed by atoms with Crippen molar-refractivity contribution in [1.82, 2.24) is 0 Å². The van der Waals surface area contributed by atoms with Gasteiger partial charge in [-0.15, -0.1) is 0 Å². The standard InChI is InChI=1S/C22H24NOP/c1-16-8-6-12-19(15-23-2)22(16)25-20-13-7-11-18(21(20)24)14-17-9-4-3-5-10-17/h3-9,11-13,15,17,24-25H,10,14H2,1-2H3/b23-15+. The van der Waals surface area contributed by atoms with Crippen LogP contribution in [-0.4, -0.2) is 18.4 Å². The lowest BCUT2D eigenvalue weighted by atomic mass is 9.93. The Bertz CT molecular complexity index is 836. The van der Waals surface area contributed by atoms with Crippen molar-refractivity contribution < 1.29 is 5.11 Å². The molecular formula is C22H24NOP. The zero-order valence-corrected chi connectivity index (χ0v) is 15.7. The number of nitrogens with zero attached hydrogens (tertiary/aromatic N) is 1. The fourth-order valence-electron chi connectivity index (χ4n) is 3.17. The van der Waals surface area contributed by atoms with Gasteiger partial charge in [0.05, 0.1) is 0 Å². The largest absolute Gasteiger partial charge is 0.507 e. The summed E-state index contributed by atoms with van der Waals surface area (Å²) in [5.74, 6) is 0.919. The first kappa shape index (κ1) is 17.6. The predicted octanol–water partition coefficient (Wildman–Crippen LogP) is 4.05. The smallest absolute Gasteiger partial charge is 0.126 e. The summed E-state index contributed by atoms with van der Waals surface area (Å²) < 4.78 is 0. The summed E-state index contributed by atoms with van der Waals surface area (Å²) in [6.45, 7) is 2.12. The van der Waals surface area contributed by atoms with Crippen molar-refractivity contribution >= 4 is 25.4 Å². The molecular weight excluding hydrogens is 325 g/mol. The van der Waals surface area contributed by atoms with Crippen LogP contribution in [0, 0.1) is 12.8 Å². The van der Waals surface area contributed by atoms with Crippen molar-refractivity contribution in [2.24, 2.45) is 10.9 Å². The zero-order chi connectivity index (χ0) is 17.6. The highest BCUT2D eigenvalue weighted by Gasteiger charge is 2.14. The second kappa shape index (κ2) is 8.27. The second-order valence-corrected chi connectivity index (χ2v) is 7.67. The molecule has 1 aliphatic carbocycles. The molecule has 2 aromatic rings. The van der Waals surface area contributed by atoms with Crippen molar-refractivity contribution in [2.45, 2.75) is 19.8 Å². The molecule has 3 rings (SSSR count). The molecule has 0 aliphatic heterocycles. The molecule has 0 radical (unpaired) electrons. The average molecular weight is 349 g/mol. The van der Waals surface area contributed by atoms with E-state index in [1.165, 1.54) is 10.9 Å². The third-order valence-corrected chi connectivity index (χ3v) is 6.11. The Morgan fingerprint density at radius 1 is 1.20 bits per heavy atom. The zero-order valence-electron chi connectivity index (χ0n) is 14.7. The van der Waals surface area contributed by atoms with E-state index in [1.807, 2.05) is 18.3 Å². The molecule has 0 fully saturated rings. The second-order valence-electron chi connectivity index (χ2n) is 6.38. The van der Waals surface area contributed by atoms with Crippen LogP contribution >= 0.6 is 8.58 Å². The maximum absolute atomic E-state index is 10.8. The molecule has 25 heavy (non-hydrogen) atoms. The lowest BCUT2D eigenvalue weighted by Gasteiger charge is -2.16. The minimum atomic E-state index is 0.418. The lowest BCUT2D eigenvalue weighted by Crippen LogP contribution is -2.13. The van der Waals surface area contributed by atoms with E-state index in [4.69, 9.17) is 0 Å². The number of phenols is 1. The number of aliphatic imine (C=N–C) groups is 1. The van der Waals surface area contributed by atoms with Crippen molar-refractivity contribution in [3.8, 4) is 5.75 Å². The molecule has 0 spiro atoms. The average Bonchev–Trinajstić information content (AvgIpc) is 2.62. The van der Waals surface area contributed by atoms with Gasteiger partial charge in [0.1, 0.15) is 5.75 Å². The number of aryl methyl sites for hydroxylation is 1. The fourth-order valence-corrected chi connectivity index (χ4v) is 4.47. The third kappa shape index (κ3) is 4.27. The summed E-state index contributed by atoms with van der Waals surface area (Å²) >= 11 is 0. The van der Waals surface area contributed by atoms with E-state index in [2.05, 4.69) is 60.5 Å². The topological polar surface area (TPSA) is 32.6 Å². The third-order valence-electron chi connectivity index (χ3n) is 4.50. The molecule has 128 valence electrons. The Hall–Kier alpha value is -2.18. The number of rotatable bonds is 5. The summed E-state index contributed by atoms with van der Waals surface area (Å²) in [6, 6.07) is 12.4. The molecule has 2 unspecified atom stereocenters. The normalized spacial score (nSPS) is 17.1. The van der Waals surface area contributed by atoms with Crippen LogP contribution < -0.4 is 10.6 Å². The first-order valence-electron chi connectivity index (χ1n) is 8.62. The van der Waals surface area contributed by atoms with Gasteiger partial charge in [0.15, 0.2) is 0 Å². The van der Waals surface area contributed by atoms with Gasteiger partial charge in [-0.25, -0.2) is 0 Å². The number of benzene rings is 2. The van der Waals surface area contributed by atoms with Gasteiger partial charge in [-0.2, -0.15) is 0 Å². The molecule has 2 nitrogen and oxygen atoms in total. The highest BCUT2D eigenvalue weighted by molar-refractivity contribution is 7.56. The molecule has 0 aromatic heterocycles. The molecule has 0 heterocycles. The van der Waals surface area contributed by atoms with Gasteiger partial charge in [-0.3, -0.25) is 4.99 Å². The molecule has 2 atom stereocenters. The van der Waals surface area contributed by atoms with Crippen LogP contribution in [0.4, 0.5) is 0 Å². The lowest BCUT2D eigenvalue weighted by molar-refractivity contribution is 0.467. The molecule has 1 N–H and O–H groups in total. The number of hydrogen-bond acceptors (Lipinski definition) is 2. The van der Waals surface area contributed by atoms with E-state index in [0.717, 1.165) is 29.3 Å². The number of aromatic hydroxyl groups is 1. The Kier molecular flexibility index (Phi) is 5.83. The van der Waals surface area contributed by atoms with Crippen LogP contribution in [0.25, 0.3) is 0 Å². The fraction of sp³-hybridized carbons (Fsp3) is 0.227. The van der Waals surface area contributed by atoms with Crippen LogP contribution in [0.5, 0.6) is 5.75 Å². The van der Waals surface area contributed by atoms with Gasteiger partial charge >= 0.3 is 0 Å². The van der Waals surface area contributed by atoms with Gasteiger partial charge in [0.2, 0.25) is 0 Å². The Morgan fingerprint density at radius 3 is 2.80 bits per heavy atom. The van der Waals surface area contributed by atoms with Crippen LogP contribution in [0.3, 0.4) is 0 Å². The van der Waals surface area contributed by atoms with Gasteiger partial charge in [0, 0.05) is 24.1 Å².